The first-order chi connectivity index (χ1) is 7.25. The van der Waals surface area contributed by atoms with Crippen LogP contribution in [0, 0.1) is 6.92 Å². The van der Waals surface area contributed by atoms with Gasteiger partial charge in [-0.05, 0) is 38.3 Å². The van der Waals surface area contributed by atoms with Gasteiger partial charge >= 0.3 is 0 Å². The molecule has 0 unspecified atom stereocenters. The fourth-order valence-corrected chi connectivity index (χ4v) is 2.43. The van der Waals surface area contributed by atoms with Crippen molar-refractivity contribution in [3.8, 4) is 0 Å². The highest BCUT2D eigenvalue weighted by Crippen LogP contribution is 2.17. The summed E-state index contributed by atoms with van der Waals surface area (Å²) in [5.41, 5.74) is 2.55. The van der Waals surface area contributed by atoms with Gasteiger partial charge in [-0.3, -0.25) is 4.68 Å². The molecule has 1 aromatic rings. The quantitative estimate of drug-likeness (QED) is 0.816. The Kier molecular flexibility index (Phi) is 3.41. The standard InChI is InChI=1S/C12H21N3/c1-10-11(9-15(2)14-10)7-8-13-12-5-3-4-6-12/h9,12-13H,3-8H2,1-2H3. The molecule has 15 heavy (non-hydrogen) atoms. The molecule has 0 bridgehead atoms. The first-order valence-corrected chi connectivity index (χ1v) is 5.98. The third kappa shape index (κ3) is 2.81. The number of rotatable bonds is 4. The fourth-order valence-electron chi connectivity index (χ4n) is 2.43. The molecule has 1 aliphatic carbocycles. The Hall–Kier alpha value is -0.830. The fraction of sp³-hybridized carbons (Fsp3) is 0.750. The Labute approximate surface area is 91.9 Å². The van der Waals surface area contributed by atoms with E-state index < -0.39 is 0 Å². The van der Waals surface area contributed by atoms with Crippen molar-refractivity contribution in [3.05, 3.63) is 17.5 Å². The summed E-state index contributed by atoms with van der Waals surface area (Å²) in [4.78, 5) is 0. The van der Waals surface area contributed by atoms with Crippen LogP contribution < -0.4 is 5.32 Å². The maximum Gasteiger partial charge on any atom is 0.0626 e. The van der Waals surface area contributed by atoms with Crippen molar-refractivity contribution in [1.29, 1.82) is 0 Å². The summed E-state index contributed by atoms with van der Waals surface area (Å²) in [5, 5.41) is 7.98. The van der Waals surface area contributed by atoms with Gasteiger partial charge in [0.25, 0.3) is 0 Å². The summed E-state index contributed by atoms with van der Waals surface area (Å²) in [5.74, 6) is 0. The zero-order valence-electron chi connectivity index (χ0n) is 9.79. The molecular weight excluding hydrogens is 186 g/mol. The Morgan fingerprint density at radius 1 is 1.47 bits per heavy atom. The molecule has 3 nitrogen and oxygen atoms in total. The normalized spacial score (nSPS) is 17.5. The zero-order chi connectivity index (χ0) is 10.7. The van der Waals surface area contributed by atoms with Crippen LogP contribution in [0.3, 0.4) is 0 Å². The van der Waals surface area contributed by atoms with E-state index in [2.05, 4.69) is 23.5 Å². The Balaban J connectivity index is 1.75. The second-order valence-electron chi connectivity index (χ2n) is 4.60. The number of aromatic nitrogens is 2. The molecule has 0 aromatic carbocycles. The minimum Gasteiger partial charge on any atom is -0.314 e. The van der Waals surface area contributed by atoms with Crippen molar-refractivity contribution in [2.75, 3.05) is 6.54 Å². The molecule has 1 saturated carbocycles. The summed E-state index contributed by atoms with van der Waals surface area (Å²) in [6.07, 6.45) is 8.78. The molecule has 1 aliphatic rings. The number of hydrogen-bond donors (Lipinski definition) is 1. The lowest BCUT2D eigenvalue weighted by Crippen LogP contribution is -2.28. The van der Waals surface area contributed by atoms with Gasteiger partial charge in [0.2, 0.25) is 0 Å². The Morgan fingerprint density at radius 3 is 2.80 bits per heavy atom. The molecular formula is C12H21N3. The maximum absolute atomic E-state index is 4.35. The molecule has 1 heterocycles. The van der Waals surface area contributed by atoms with Crippen LogP contribution in [0.4, 0.5) is 0 Å². The third-order valence-electron chi connectivity index (χ3n) is 3.30. The van der Waals surface area contributed by atoms with Gasteiger partial charge in [-0.15, -0.1) is 0 Å². The predicted octanol–water partition coefficient (Wildman–Crippen LogP) is 1.80. The van der Waals surface area contributed by atoms with E-state index in [9.17, 15) is 0 Å². The zero-order valence-corrected chi connectivity index (χ0v) is 9.79. The monoisotopic (exact) mass is 207 g/mol. The van der Waals surface area contributed by atoms with E-state index in [-0.39, 0.29) is 0 Å². The van der Waals surface area contributed by atoms with Crippen LogP contribution in [0.2, 0.25) is 0 Å². The first-order valence-electron chi connectivity index (χ1n) is 5.98. The molecule has 1 N–H and O–H groups in total. The molecule has 0 spiro atoms. The van der Waals surface area contributed by atoms with E-state index in [0.29, 0.717) is 0 Å². The van der Waals surface area contributed by atoms with Crippen molar-refractivity contribution in [1.82, 2.24) is 15.1 Å². The lowest BCUT2D eigenvalue weighted by atomic mass is 10.2. The predicted molar refractivity (Wildman–Crippen MR) is 61.9 cm³/mol. The third-order valence-corrected chi connectivity index (χ3v) is 3.30. The largest absolute Gasteiger partial charge is 0.314 e. The molecule has 84 valence electrons. The molecule has 3 heteroatoms. The van der Waals surface area contributed by atoms with E-state index in [0.717, 1.165) is 19.0 Å². The second-order valence-corrected chi connectivity index (χ2v) is 4.60. The van der Waals surface area contributed by atoms with E-state index in [1.165, 1.54) is 36.9 Å². The molecule has 0 radical (unpaired) electrons. The smallest absolute Gasteiger partial charge is 0.0626 e. The average Bonchev–Trinajstić information content (AvgIpc) is 2.77. The molecule has 0 amide bonds. The minimum atomic E-state index is 0.780. The van der Waals surface area contributed by atoms with Crippen molar-refractivity contribution < 1.29 is 0 Å². The summed E-state index contributed by atoms with van der Waals surface area (Å²) in [6.45, 7) is 3.18. The van der Waals surface area contributed by atoms with E-state index in [4.69, 9.17) is 0 Å². The average molecular weight is 207 g/mol. The maximum atomic E-state index is 4.35. The summed E-state index contributed by atoms with van der Waals surface area (Å²) >= 11 is 0. The molecule has 0 atom stereocenters. The van der Waals surface area contributed by atoms with Crippen LogP contribution in [-0.4, -0.2) is 22.4 Å². The second kappa shape index (κ2) is 4.79. The summed E-state index contributed by atoms with van der Waals surface area (Å²) < 4.78 is 1.90. The molecule has 2 rings (SSSR count). The van der Waals surface area contributed by atoms with Crippen LogP contribution in [0.5, 0.6) is 0 Å². The lowest BCUT2D eigenvalue weighted by molar-refractivity contribution is 0.527. The minimum absolute atomic E-state index is 0.780. The van der Waals surface area contributed by atoms with Gasteiger partial charge in [-0.25, -0.2) is 0 Å². The molecule has 0 saturated heterocycles. The van der Waals surface area contributed by atoms with Gasteiger partial charge in [-0.2, -0.15) is 5.10 Å². The van der Waals surface area contributed by atoms with Crippen LogP contribution in [-0.2, 0) is 13.5 Å². The van der Waals surface area contributed by atoms with Gasteiger partial charge < -0.3 is 5.32 Å². The van der Waals surface area contributed by atoms with Crippen LogP contribution in [0.15, 0.2) is 6.20 Å². The summed E-state index contributed by atoms with van der Waals surface area (Å²) in [6, 6.07) is 0.780. The summed E-state index contributed by atoms with van der Waals surface area (Å²) in [7, 11) is 1.99. The molecule has 1 fully saturated rings. The van der Waals surface area contributed by atoms with Crippen LogP contribution in [0.25, 0.3) is 0 Å². The number of nitrogens with one attached hydrogen (secondary N) is 1. The number of hydrogen-bond acceptors (Lipinski definition) is 2. The van der Waals surface area contributed by atoms with Crippen molar-refractivity contribution in [2.45, 2.75) is 45.1 Å². The number of nitrogens with zero attached hydrogens (tertiary/aromatic N) is 2. The van der Waals surface area contributed by atoms with Crippen molar-refractivity contribution in [2.24, 2.45) is 7.05 Å². The lowest BCUT2D eigenvalue weighted by Gasteiger charge is -2.10. The van der Waals surface area contributed by atoms with Crippen molar-refractivity contribution in [3.63, 3.8) is 0 Å². The SMILES string of the molecule is Cc1nn(C)cc1CCNC1CCCC1. The highest BCUT2D eigenvalue weighted by atomic mass is 15.2. The van der Waals surface area contributed by atoms with Gasteiger partial charge in [-0.1, -0.05) is 12.8 Å². The van der Waals surface area contributed by atoms with Crippen molar-refractivity contribution >= 4 is 0 Å². The van der Waals surface area contributed by atoms with E-state index >= 15 is 0 Å². The van der Waals surface area contributed by atoms with Gasteiger partial charge in [0, 0.05) is 19.3 Å². The Bertz CT molecular complexity index is 311. The first kappa shape index (κ1) is 10.7. The highest BCUT2D eigenvalue weighted by molar-refractivity contribution is 5.15. The van der Waals surface area contributed by atoms with Gasteiger partial charge in [0.1, 0.15) is 0 Å². The Morgan fingerprint density at radius 2 is 2.20 bits per heavy atom. The van der Waals surface area contributed by atoms with E-state index in [1.54, 1.807) is 0 Å². The van der Waals surface area contributed by atoms with Crippen LogP contribution in [0.1, 0.15) is 36.9 Å². The van der Waals surface area contributed by atoms with Gasteiger partial charge in [0.15, 0.2) is 0 Å². The number of aryl methyl sites for hydroxylation is 2. The highest BCUT2D eigenvalue weighted by Gasteiger charge is 2.13. The molecule has 1 aromatic heterocycles. The van der Waals surface area contributed by atoms with E-state index in [1.807, 2.05) is 11.7 Å². The topological polar surface area (TPSA) is 29.9 Å². The van der Waals surface area contributed by atoms with Gasteiger partial charge in [0.05, 0.1) is 5.69 Å². The van der Waals surface area contributed by atoms with Crippen LogP contribution >= 0.6 is 0 Å². The molecule has 0 aliphatic heterocycles.